The van der Waals surface area contributed by atoms with Gasteiger partial charge in [0.2, 0.25) is 0 Å². The number of hydrogen-bond donors (Lipinski definition) is 0. The molecule has 0 heterocycles. The second-order valence-electron chi connectivity index (χ2n) is 2.07. The fraction of sp³-hybridized carbons (Fsp3) is 0.714. The van der Waals surface area contributed by atoms with Gasteiger partial charge in [-0.2, -0.15) is 0 Å². The minimum absolute atomic E-state index is 0.940. The maximum atomic E-state index is 9.97. The number of unbranched alkanes of at least 4 members (excludes halogenated alkanes) is 1. The summed E-state index contributed by atoms with van der Waals surface area (Å²) in [5.74, 6) is 0. The third-order valence-electron chi connectivity index (χ3n) is 1.13. The van der Waals surface area contributed by atoms with Gasteiger partial charge in [-0.1, -0.05) is 13.3 Å². The standard InChI is InChI=1S/C7H13O/c1-3-4-5-7(2)6-8/h6H,3-5H2,1-2H3/b7-6+. The molecule has 1 radical (unpaired) electrons. The summed E-state index contributed by atoms with van der Waals surface area (Å²) in [5, 5.41) is 9.97. The van der Waals surface area contributed by atoms with Crippen LogP contribution >= 0.6 is 0 Å². The van der Waals surface area contributed by atoms with E-state index < -0.39 is 0 Å². The van der Waals surface area contributed by atoms with Crippen LogP contribution in [0.2, 0.25) is 0 Å². The summed E-state index contributed by atoms with van der Waals surface area (Å²) in [4.78, 5) is 0. The van der Waals surface area contributed by atoms with Gasteiger partial charge in [0.1, 0.15) is 6.26 Å². The molecular weight excluding hydrogens is 100 g/mol. The van der Waals surface area contributed by atoms with E-state index in [1.54, 1.807) is 0 Å². The number of hydrogen-bond acceptors (Lipinski definition) is 0. The highest BCUT2D eigenvalue weighted by Crippen LogP contribution is 2.03. The molecule has 0 rings (SSSR count). The Hall–Kier alpha value is -0.460. The molecule has 0 amide bonds. The Balaban J connectivity index is 3.12. The van der Waals surface area contributed by atoms with E-state index in [0.717, 1.165) is 24.7 Å². The molecule has 0 spiro atoms. The van der Waals surface area contributed by atoms with Crippen molar-refractivity contribution in [3.8, 4) is 0 Å². The Kier molecular flexibility index (Phi) is 4.42. The average molecular weight is 113 g/mol. The molecule has 0 unspecified atom stereocenters. The minimum atomic E-state index is 0.940. The lowest BCUT2D eigenvalue weighted by Crippen LogP contribution is -1.74. The summed E-state index contributed by atoms with van der Waals surface area (Å²) in [6.07, 6.45) is 4.23. The van der Waals surface area contributed by atoms with Crippen LogP contribution in [0, 0.1) is 0 Å². The summed E-state index contributed by atoms with van der Waals surface area (Å²) in [6, 6.07) is 0. The highest BCUT2D eigenvalue weighted by Gasteiger charge is 1.86. The van der Waals surface area contributed by atoms with Gasteiger partial charge in [-0.05, 0) is 25.3 Å². The molecule has 0 aliphatic heterocycles. The molecule has 8 heavy (non-hydrogen) atoms. The van der Waals surface area contributed by atoms with Gasteiger partial charge in [0.25, 0.3) is 0 Å². The molecule has 0 aromatic rings. The Morgan fingerprint density at radius 2 is 2.25 bits per heavy atom. The van der Waals surface area contributed by atoms with Gasteiger partial charge in [0.15, 0.2) is 0 Å². The van der Waals surface area contributed by atoms with E-state index in [1.165, 1.54) is 6.42 Å². The monoisotopic (exact) mass is 113 g/mol. The van der Waals surface area contributed by atoms with Crippen molar-refractivity contribution in [1.29, 1.82) is 0 Å². The first-order valence-electron chi connectivity index (χ1n) is 3.09. The van der Waals surface area contributed by atoms with Gasteiger partial charge in [-0.15, -0.1) is 0 Å². The number of rotatable bonds is 3. The van der Waals surface area contributed by atoms with Crippen molar-refractivity contribution in [3.05, 3.63) is 11.8 Å². The predicted molar refractivity (Wildman–Crippen MR) is 34.0 cm³/mol. The van der Waals surface area contributed by atoms with E-state index in [-0.39, 0.29) is 0 Å². The number of allylic oxidation sites excluding steroid dienone is 1. The molecule has 0 saturated carbocycles. The van der Waals surface area contributed by atoms with Crippen molar-refractivity contribution in [2.24, 2.45) is 0 Å². The fourth-order valence-electron chi connectivity index (χ4n) is 0.515. The molecular formula is C7H13O. The van der Waals surface area contributed by atoms with Crippen LogP contribution in [0.4, 0.5) is 0 Å². The van der Waals surface area contributed by atoms with Gasteiger partial charge in [-0.3, -0.25) is 5.11 Å². The van der Waals surface area contributed by atoms with E-state index in [4.69, 9.17) is 0 Å². The Labute approximate surface area is 51.0 Å². The molecule has 0 atom stereocenters. The van der Waals surface area contributed by atoms with E-state index in [9.17, 15) is 5.11 Å². The van der Waals surface area contributed by atoms with Crippen molar-refractivity contribution < 1.29 is 5.11 Å². The molecule has 0 aromatic heterocycles. The summed E-state index contributed by atoms with van der Waals surface area (Å²) in [5.41, 5.74) is 0.965. The highest BCUT2D eigenvalue weighted by molar-refractivity contribution is 4.90. The molecule has 0 aliphatic carbocycles. The quantitative estimate of drug-likeness (QED) is 0.501. The molecule has 0 saturated heterocycles. The van der Waals surface area contributed by atoms with Crippen LogP contribution in [0.15, 0.2) is 11.8 Å². The minimum Gasteiger partial charge on any atom is -0.299 e. The van der Waals surface area contributed by atoms with Crippen LogP contribution in [0.1, 0.15) is 33.1 Å². The van der Waals surface area contributed by atoms with Crippen molar-refractivity contribution in [3.63, 3.8) is 0 Å². The topological polar surface area (TPSA) is 19.9 Å². The second kappa shape index (κ2) is 4.69. The van der Waals surface area contributed by atoms with Gasteiger partial charge in [0, 0.05) is 0 Å². The first-order chi connectivity index (χ1) is 3.81. The van der Waals surface area contributed by atoms with Crippen molar-refractivity contribution in [2.75, 3.05) is 0 Å². The third-order valence-corrected chi connectivity index (χ3v) is 1.13. The first-order valence-corrected chi connectivity index (χ1v) is 3.09. The summed E-state index contributed by atoms with van der Waals surface area (Å²) >= 11 is 0. The van der Waals surface area contributed by atoms with Crippen LogP contribution in [0.3, 0.4) is 0 Å². The Bertz CT molecular complexity index is 74.5. The van der Waals surface area contributed by atoms with E-state index in [0.29, 0.717) is 0 Å². The lowest BCUT2D eigenvalue weighted by molar-refractivity contribution is 0.345. The van der Waals surface area contributed by atoms with Crippen molar-refractivity contribution in [2.45, 2.75) is 33.1 Å². The zero-order valence-corrected chi connectivity index (χ0v) is 5.61. The molecule has 0 N–H and O–H groups in total. The summed E-state index contributed by atoms with van der Waals surface area (Å²) < 4.78 is 0. The summed E-state index contributed by atoms with van der Waals surface area (Å²) in [7, 11) is 0. The molecule has 1 heteroatoms. The summed E-state index contributed by atoms with van der Waals surface area (Å²) in [6.45, 7) is 4.00. The van der Waals surface area contributed by atoms with Gasteiger partial charge >= 0.3 is 0 Å². The predicted octanol–water partition coefficient (Wildman–Crippen LogP) is 2.51. The smallest absolute Gasteiger partial charge is 0.141 e. The van der Waals surface area contributed by atoms with Gasteiger partial charge in [-0.25, -0.2) is 0 Å². The van der Waals surface area contributed by atoms with E-state index in [2.05, 4.69) is 6.92 Å². The zero-order chi connectivity index (χ0) is 6.41. The maximum absolute atomic E-state index is 9.97. The molecule has 1 nitrogen and oxygen atoms in total. The third kappa shape index (κ3) is 3.72. The normalized spacial score (nSPS) is 12.0. The molecule has 0 fully saturated rings. The van der Waals surface area contributed by atoms with E-state index in [1.807, 2.05) is 6.92 Å². The van der Waals surface area contributed by atoms with Crippen LogP contribution in [0.5, 0.6) is 0 Å². The van der Waals surface area contributed by atoms with Crippen LogP contribution in [-0.2, 0) is 5.11 Å². The molecule has 0 aliphatic rings. The van der Waals surface area contributed by atoms with Crippen LogP contribution < -0.4 is 0 Å². The zero-order valence-electron chi connectivity index (χ0n) is 5.61. The molecule has 0 bridgehead atoms. The van der Waals surface area contributed by atoms with Gasteiger partial charge in [0.05, 0.1) is 0 Å². The SMILES string of the molecule is CCCC/C(C)=C/[O]. The maximum Gasteiger partial charge on any atom is 0.141 e. The first kappa shape index (κ1) is 7.54. The second-order valence-corrected chi connectivity index (χ2v) is 2.07. The highest BCUT2D eigenvalue weighted by atomic mass is 16.2. The fourth-order valence-corrected chi connectivity index (χ4v) is 0.515. The molecule has 47 valence electrons. The Morgan fingerprint density at radius 3 is 2.62 bits per heavy atom. The van der Waals surface area contributed by atoms with Crippen molar-refractivity contribution in [1.82, 2.24) is 0 Å². The molecule has 0 aromatic carbocycles. The average Bonchev–Trinajstić information content (AvgIpc) is 1.83. The van der Waals surface area contributed by atoms with Crippen LogP contribution in [0.25, 0.3) is 0 Å². The lowest BCUT2D eigenvalue weighted by Gasteiger charge is -1.92. The van der Waals surface area contributed by atoms with Crippen LogP contribution in [-0.4, -0.2) is 0 Å². The Morgan fingerprint density at radius 1 is 1.62 bits per heavy atom. The lowest BCUT2D eigenvalue weighted by atomic mass is 10.1. The van der Waals surface area contributed by atoms with E-state index >= 15 is 0 Å². The van der Waals surface area contributed by atoms with Crippen molar-refractivity contribution >= 4 is 0 Å². The van der Waals surface area contributed by atoms with Gasteiger partial charge < -0.3 is 0 Å². The largest absolute Gasteiger partial charge is 0.299 e.